The van der Waals surface area contributed by atoms with Crippen molar-refractivity contribution >= 4 is 0 Å². The van der Waals surface area contributed by atoms with Gasteiger partial charge in [-0.1, -0.05) is 6.58 Å². The molecule has 0 rings (SSSR count). The van der Waals surface area contributed by atoms with E-state index < -0.39 is 5.83 Å². The van der Waals surface area contributed by atoms with Crippen molar-refractivity contribution in [2.24, 2.45) is 0 Å². The lowest BCUT2D eigenvalue weighted by Gasteiger charge is -1.83. The highest BCUT2D eigenvalue weighted by Gasteiger charge is 1.82. The van der Waals surface area contributed by atoms with Crippen molar-refractivity contribution in [1.82, 2.24) is 0 Å². The zero-order valence-electron chi connectivity index (χ0n) is 5.10. The van der Waals surface area contributed by atoms with E-state index in [-0.39, 0.29) is 6.61 Å². The zero-order chi connectivity index (χ0) is 7.11. The summed E-state index contributed by atoms with van der Waals surface area (Å²) in [6, 6.07) is 0. The lowest BCUT2D eigenvalue weighted by atomic mass is 10.4. The molecular formula is C7H9FO. The summed E-state index contributed by atoms with van der Waals surface area (Å²) in [4.78, 5) is 0. The van der Waals surface area contributed by atoms with Crippen molar-refractivity contribution in [1.29, 1.82) is 0 Å². The molecule has 50 valence electrons. The number of aliphatic hydroxyl groups excluding tert-OH is 1. The molecule has 0 aliphatic carbocycles. The van der Waals surface area contributed by atoms with Crippen molar-refractivity contribution in [3.8, 4) is 0 Å². The summed E-state index contributed by atoms with van der Waals surface area (Å²) >= 11 is 0. The number of allylic oxidation sites excluding steroid dienone is 2. The zero-order valence-corrected chi connectivity index (χ0v) is 5.10. The molecule has 0 aromatic heterocycles. The summed E-state index contributed by atoms with van der Waals surface area (Å²) in [6.07, 6.45) is 2.73. The van der Waals surface area contributed by atoms with Crippen molar-refractivity contribution in [3.63, 3.8) is 0 Å². The highest BCUT2D eigenvalue weighted by Crippen LogP contribution is 1.97. The number of halogens is 1. The predicted octanol–water partition coefficient (Wildman–Crippen LogP) is 1.56. The number of rotatable bonds is 3. The van der Waals surface area contributed by atoms with E-state index in [2.05, 4.69) is 12.3 Å². The van der Waals surface area contributed by atoms with Crippen LogP contribution in [0.3, 0.4) is 0 Å². The molecule has 0 aliphatic rings. The third-order valence-electron chi connectivity index (χ3n) is 0.708. The van der Waals surface area contributed by atoms with Gasteiger partial charge in [-0.05, 0) is 12.5 Å². The fraction of sp³-hybridized carbons (Fsp3) is 0.286. The molecule has 0 bridgehead atoms. The highest BCUT2D eigenvalue weighted by atomic mass is 19.1. The van der Waals surface area contributed by atoms with Crippen LogP contribution < -0.4 is 0 Å². The van der Waals surface area contributed by atoms with Crippen LogP contribution in [0.4, 0.5) is 4.39 Å². The second kappa shape index (κ2) is 5.29. The van der Waals surface area contributed by atoms with E-state index in [0.717, 1.165) is 6.08 Å². The van der Waals surface area contributed by atoms with Crippen LogP contribution in [0.15, 0.2) is 30.3 Å². The van der Waals surface area contributed by atoms with Crippen molar-refractivity contribution in [2.45, 2.75) is 6.42 Å². The summed E-state index contributed by atoms with van der Waals surface area (Å²) in [7, 11) is 0. The Morgan fingerprint density at radius 2 is 2.44 bits per heavy atom. The van der Waals surface area contributed by atoms with Gasteiger partial charge in [0.2, 0.25) is 0 Å². The number of aliphatic hydroxyl groups is 1. The van der Waals surface area contributed by atoms with Crippen LogP contribution in [0, 0.1) is 0 Å². The summed E-state index contributed by atoms with van der Waals surface area (Å²) in [5, 5.41) is 8.22. The predicted molar refractivity (Wildman–Crippen MR) is 34.6 cm³/mol. The van der Waals surface area contributed by atoms with Gasteiger partial charge in [0, 0.05) is 12.7 Å². The van der Waals surface area contributed by atoms with Crippen LogP contribution in [0.25, 0.3) is 0 Å². The molecule has 0 saturated carbocycles. The number of hydrogen-bond donors (Lipinski definition) is 1. The molecule has 0 amide bonds. The summed E-state index contributed by atoms with van der Waals surface area (Å²) in [6.45, 7) is 3.16. The molecule has 0 aromatic rings. The van der Waals surface area contributed by atoms with E-state index >= 15 is 0 Å². The van der Waals surface area contributed by atoms with Crippen molar-refractivity contribution in [2.75, 3.05) is 6.61 Å². The third-order valence-corrected chi connectivity index (χ3v) is 0.708. The smallest absolute Gasteiger partial charge is 0.126 e. The van der Waals surface area contributed by atoms with Gasteiger partial charge in [0.05, 0.1) is 0 Å². The van der Waals surface area contributed by atoms with Crippen LogP contribution in [-0.2, 0) is 0 Å². The van der Waals surface area contributed by atoms with Crippen LogP contribution >= 0.6 is 0 Å². The monoisotopic (exact) mass is 128 g/mol. The Kier molecular flexibility index (Phi) is 4.79. The van der Waals surface area contributed by atoms with E-state index in [9.17, 15) is 4.39 Å². The molecule has 0 aromatic carbocycles. The average Bonchev–Trinajstić information content (AvgIpc) is 1.85. The molecular weight excluding hydrogens is 119 g/mol. The minimum absolute atomic E-state index is 0.0294. The van der Waals surface area contributed by atoms with E-state index in [1.807, 2.05) is 0 Å². The molecule has 1 nitrogen and oxygen atoms in total. The first kappa shape index (κ1) is 8.15. The topological polar surface area (TPSA) is 20.2 Å². The molecule has 0 atom stereocenters. The van der Waals surface area contributed by atoms with Gasteiger partial charge in [-0.3, -0.25) is 0 Å². The Balaban J connectivity index is 3.69. The quantitative estimate of drug-likeness (QED) is 0.451. The van der Waals surface area contributed by atoms with Crippen molar-refractivity contribution < 1.29 is 9.50 Å². The van der Waals surface area contributed by atoms with Gasteiger partial charge in [-0.15, -0.1) is 5.73 Å². The normalized spacial score (nSPS) is 10.7. The van der Waals surface area contributed by atoms with Gasteiger partial charge >= 0.3 is 0 Å². The molecule has 0 spiro atoms. The maximum atomic E-state index is 12.2. The second-order valence-corrected chi connectivity index (χ2v) is 1.45. The minimum atomic E-state index is -0.404. The Morgan fingerprint density at radius 1 is 1.78 bits per heavy atom. The summed E-state index contributed by atoms with van der Waals surface area (Å²) in [5.74, 6) is -0.404. The maximum Gasteiger partial charge on any atom is 0.126 e. The average molecular weight is 128 g/mol. The highest BCUT2D eigenvalue weighted by molar-refractivity contribution is 5.08. The van der Waals surface area contributed by atoms with Gasteiger partial charge < -0.3 is 5.11 Å². The maximum absolute atomic E-state index is 12.2. The SMILES string of the molecule is C=C=CC(F)=CCCO. The molecule has 1 N–H and O–H groups in total. The van der Waals surface area contributed by atoms with Crippen LogP contribution in [-0.4, -0.2) is 11.7 Å². The van der Waals surface area contributed by atoms with Gasteiger partial charge in [0.15, 0.2) is 0 Å². The van der Waals surface area contributed by atoms with Crippen LogP contribution in [0.2, 0.25) is 0 Å². The minimum Gasteiger partial charge on any atom is -0.396 e. The molecule has 0 radical (unpaired) electrons. The molecule has 2 heteroatoms. The Morgan fingerprint density at radius 3 is 2.89 bits per heavy atom. The Hall–Kier alpha value is -0.850. The molecule has 0 saturated heterocycles. The number of hydrogen-bond acceptors (Lipinski definition) is 1. The standard InChI is InChI=1S/C7H9FO/c1-2-4-7(8)5-3-6-9/h4-5,9H,1,3,6H2. The molecule has 0 unspecified atom stereocenters. The first-order valence-electron chi connectivity index (χ1n) is 2.63. The Bertz CT molecular complexity index is 143. The van der Waals surface area contributed by atoms with E-state index in [0.29, 0.717) is 6.42 Å². The lowest BCUT2D eigenvalue weighted by Crippen LogP contribution is -1.76. The van der Waals surface area contributed by atoms with Crippen LogP contribution in [0.1, 0.15) is 6.42 Å². The first-order chi connectivity index (χ1) is 4.31. The van der Waals surface area contributed by atoms with Crippen LogP contribution in [0.5, 0.6) is 0 Å². The molecule has 0 fully saturated rings. The van der Waals surface area contributed by atoms with E-state index in [4.69, 9.17) is 5.11 Å². The lowest BCUT2D eigenvalue weighted by molar-refractivity contribution is 0.302. The van der Waals surface area contributed by atoms with Crippen molar-refractivity contribution in [3.05, 3.63) is 30.3 Å². The molecule has 0 aliphatic heterocycles. The summed E-state index contributed by atoms with van der Waals surface area (Å²) in [5.41, 5.74) is 2.28. The third kappa shape index (κ3) is 5.01. The van der Waals surface area contributed by atoms with Gasteiger partial charge in [0.25, 0.3) is 0 Å². The van der Waals surface area contributed by atoms with E-state index in [1.54, 1.807) is 0 Å². The summed E-state index contributed by atoms with van der Waals surface area (Å²) < 4.78 is 12.2. The molecule has 9 heavy (non-hydrogen) atoms. The Labute approximate surface area is 53.8 Å². The largest absolute Gasteiger partial charge is 0.396 e. The second-order valence-electron chi connectivity index (χ2n) is 1.45. The first-order valence-corrected chi connectivity index (χ1v) is 2.63. The van der Waals surface area contributed by atoms with Gasteiger partial charge in [0.1, 0.15) is 5.83 Å². The van der Waals surface area contributed by atoms with Gasteiger partial charge in [-0.25, -0.2) is 4.39 Å². The fourth-order valence-electron chi connectivity index (χ4n) is 0.359. The van der Waals surface area contributed by atoms with Gasteiger partial charge in [-0.2, -0.15) is 0 Å². The van der Waals surface area contributed by atoms with E-state index in [1.165, 1.54) is 6.08 Å². The fourth-order valence-corrected chi connectivity index (χ4v) is 0.359. The molecule has 0 heterocycles.